The molecule has 0 spiro atoms. The summed E-state index contributed by atoms with van der Waals surface area (Å²) in [5.41, 5.74) is 0. The highest BCUT2D eigenvalue weighted by Gasteiger charge is 2.19. The van der Waals surface area contributed by atoms with E-state index in [0.29, 0.717) is 12.1 Å². The van der Waals surface area contributed by atoms with Gasteiger partial charge in [0, 0.05) is 19.7 Å². The molecule has 2 rings (SSSR count). The van der Waals surface area contributed by atoms with Crippen LogP contribution in [-0.4, -0.2) is 35.8 Å². The number of ether oxygens (including phenoxy) is 1. The van der Waals surface area contributed by atoms with Gasteiger partial charge in [0.25, 0.3) is 0 Å². The van der Waals surface area contributed by atoms with Gasteiger partial charge in [0.2, 0.25) is 0 Å². The lowest BCUT2D eigenvalue weighted by atomic mass is 10.0. The zero-order valence-electron chi connectivity index (χ0n) is 9.73. The summed E-state index contributed by atoms with van der Waals surface area (Å²) in [6, 6.07) is 0.435. The van der Waals surface area contributed by atoms with Gasteiger partial charge in [-0.05, 0) is 19.8 Å². The van der Waals surface area contributed by atoms with Gasteiger partial charge < -0.3 is 15.4 Å². The monoisotopic (exact) mass is 222 g/mol. The second kappa shape index (κ2) is 5.12. The molecule has 0 saturated carbocycles. The van der Waals surface area contributed by atoms with Crippen LogP contribution in [0.5, 0.6) is 0 Å². The predicted molar refractivity (Wildman–Crippen MR) is 63.6 cm³/mol. The van der Waals surface area contributed by atoms with Crippen molar-refractivity contribution in [2.24, 2.45) is 0 Å². The molecule has 88 valence electrons. The van der Waals surface area contributed by atoms with E-state index in [2.05, 4.69) is 27.5 Å². The molecule has 1 fully saturated rings. The van der Waals surface area contributed by atoms with Crippen LogP contribution in [0.2, 0.25) is 0 Å². The number of nitrogens with zero attached hydrogens (tertiary/aromatic N) is 2. The Labute approximate surface area is 95.6 Å². The Bertz CT molecular complexity index is 345. The quantitative estimate of drug-likeness (QED) is 0.811. The fraction of sp³-hybridized carbons (Fsp3) is 0.636. The van der Waals surface area contributed by atoms with Crippen LogP contribution in [0, 0.1) is 0 Å². The van der Waals surface area contributed by atoms with Crippen LogP contribution in [0.25, 0.3) is 0 Å². The van der Waals surface area contributed by atoms with Gasteiger partial charge in [-0.3, -0.25) is 4.98 Å². The van der Waals surface area contributed by atoms with Crippen LogP contribution in [-0.2, 0) is 4.74 Å². The summed E-state index contributed by atoms with van der Waals surface area (Å²) in [5, 5.41) is 6.37. The van der Waals surface area contributed by atoms with Gasteiger partial charge in [-0.25, -0.2) is 4.98 Å². The number of aromatic nitrogens is 2. The molecule has 1 aliphatic heterocycles. The summed E-state index contributed by atoms with van der Waals surface area (Å²) < 4.78 is 5.50. The number of hydrogen-bond acceptors (Lipinski definition) is 5. The summed E-state index contributed by atoms with van der Waals surface area (Å²) in [5.74, 6) is 1.61. The number of nitrogens with one attached hydrogen (secondary N) is 2. The van der Waals surface area contributed by atoms with E-state index in [4.69, 9.17) is 4.74 Å². The largest absolute Gasteiger partial charge is 0.378 e. The molecule has 0 aliphatic carbocycles. The van der Waals surface area contributed by atoms with Gasteiger partial charge in [-0.15, -0.1) is 0 Å². The third-order valence-electron chi connectivity index (χ3n) is 2.73. The van der Waals surface area contributed by atoms with Gasteiger partial charge in [0.15, 0.2) is 0 Å². The molecule has 2 atom stereocenters. The van der Waals surface area contributed by atoms with Crippen molar-refractivity contribution < 1.29 is 4.74 Å². The van der Waals surface area contributed by atoms with Crippen LogP contribution < -0.4 is 10.6 Å². The van der Waals surface area contributed by atoms with Crippen LogP contribution >= 0.6 is 0 Å². The van der Waals surface area contributed by atoms with E-state index in [-0.39, 0.29) is 0 Å². The van der Waals surface area contributed by atoms with Gasteiger partial charge in [-0.2, -0.15) is 0 Å². The first-order valence-corrected chi connectivity index (χ1v) is 5.66. The molecule has 0 aromatic carbocycles. The minimum Gasteiger partial charge on any atom is -0.378 e. The summed E-state index contributed by atoms with van der Waals surface area (Å²) in [4.78, 5) is 8.51. The normalized spacial score (nSPS) is 25.1. The summed E-state index contributed by atoms with van der Waals surface area (Å²) in [7, 11) is 1.84. The van der Waals surface area contributed by atoms with Crippen LogP contribution in [0.4, 0.5) is 11.6 Å². The Hall–Kier alpha value is -1.36. The topological polar surface area (TPSA) is 59.1 Å². The molecule has 2 unspecified atom stereocenters. The molecule has 5 heteroatoms. The van der Waals surface area contributed by atoms with Crippen molar-refractivity contribution in [2.75, 3.05) is 24.3 Å². The van der Waals surface area contributed by atoms with Crippen molar-refractivity contribution in [2.45, 2.75) is 31.9 Å². The fourth-order valence-electron chi connectivity index (χ4n) is 1.89. The molecule has 16 heavy (non-hydrogen) atoms. The maximum Gasteiger partial charge on any atom is 0.147 e. The average Bonchev–Trinajstić information content (AvgIpc) is 2.29. The lowest BCUT2D eigenvalue weighted by Gasteiger charge is -2.28. The number of anilines is 2. The standard InChI is InChI=1S/C11H18N4O/c1-8-5-9(3-4-16-8)14-11-7-13-6-10(12-2)15-11/h6-9H,3-5H2,1-2H3,(H2,12,14,15). The molecule has 0 radical (unpaired) electrons. The second-order valence-corrected chi connectivity index (χ2v) is 4.09. The van der Waals surface area contributed by atoms with E-state index >= 15 is 0 Å². The van der Waals surface area contributed by atoms with Crippen molar-refractivity contribution in [3.05, 3.63) is 12.4 Å². The summed E-state index contributed by atoms with van der Waals surface area (Å²) in [6.45, 7) is 2.92. The lowest BCUT2D eigenvalue weighted by Crippen LogP contribution is -2.32. The van der Waals surface area contributed by atoms with E-state index in [1.165, 1.54) is 0 Å². The van der Waals surface area contributed by atoms with E-state index in [1.807, 2.05) is 7.05 Å². The SMILES string of the molecule is CNc1cncc(NC2CCOC(C)C2)n1. The predicted octanol–water partition coefficient (Wildman–Crippen LogP) is 1.50. The Morgan fingerprint density at radius 1 is 1.38 bits per heavy atom. The fourth-order valence-corrected chi connectivity index (χ4v) is 1.89. The zero-order valence-corrected chi connectivity index (χ0v) is 9.73. The summed E-state index contributed by atoms with van der Waals surface area (Å²) >= 11 is 0. The van der Waals surface area contributed by atoms with Crippen molar-refractivity contribution in [3.8, 4) is 0 Å². The maximum atomic E-state index is 5.50. The van der Waals surface area contributed by atoms with E-state index in [9.17, 15) is 0 Å². The van der Waals surface area contributed by atoms with Gasteiger partial charge in [0.1, 0.15) is 11.6 Å². The molecule has 2 heterocycles. The Kier molecular flexibility index (Phi) is 3.56. The van der Waals surface area contributed by atoms with E-state index in [1.54, 1.807) is 12.4 Å². The van der Waals surface area contributed by atoms with Crippen LogP contribution in [0.3, 0.4) is 0 Å². The highest BCUT2D eigenvalue weighted by molar-refractivity contribution is 5.41. The first-order valence-electron chi connectivity index (χ1n) is 5.66. The van der Waals surface area contributed by atoms with Crippen LogP contribution in [0.15, 0.2) is 12.4 Å². The molecule has 5 nitrogen and oxygen atoms in total. The number of rotatable bonds is 3. The molecule has 1 aliphatic rings. The Morgan fingerprint density at radius 2 is 2.19 bits per heavy atom. The maximum absolute atomic E-state index is 5.50. The number of hydrogen-bond donors (Lipinski definition) is 2. The third-order valence-corrected chi connectivity index (χ3v) is 2.73. The van der Waals surface area contributed by atoms with Crippen molar-refractivity contribution >= 4 is 11.6 Å². The molecule has 0 bridgehead atoms. The molecule has 1 aromatic heterocycles. The minimum atomic E-state index is 0.326. The van der Waals surface area contributed by atoms with Crippen molar-refractivity contribution in [3.63, 3.8) is 0 Å². The minimum absolute atomic E-state index is 0.326. The second-order valence-electron chi connectivity index (χ2n) is 4.09. The van der Waals surface area contributed by atoms with E-state index < -0.39 is 0 Å². The smallest absolute Gasteiger partial charge is 0.147 e. The zero-order chi connectivity index (χ0) is 11.4. The Morgan fingerprint density at radius 3 is 2.94 bits per heavy atom. The van der Waals surface area contributed by atoms with E-state index in [0.717, 1.165) is 31.1 Å². The van der Waals surface area contributed by atoms with Crippen molar-refractivity contribution in [1.29, 1.82) is 0 Å². The highest BCUT2D eigenvalue weighted by Crippen LogP contribution is 2.17. The third kappa shape index (κ3) is 2.82. The van der Waals surface area contributed by atoms with Gasteiger partial charge in [-0.1, -0.05) is 0 Å². The Balaban J connectivity index is 1.97. The lowest BCUT2D eigenvalue weighted by molar-refractivity contribution is 0.0232. The first kappa shape index (κ1) is 11.1. The van der Waals surface area contributed by atoms with Gasteiger partial charge >= 0.3 is 0 Å². The highest BCUT2D eigenvalue weighted by atomic mass is 16.5. The molecule has 1 saturated heterocycles. The molecule has 0 amide bonds. The van der Waals surface area contributed by atoms with Crippen LogP contribution in [0.1, 0.15) is 19.8 Å². The first-order chi connectivity index (χ1) is 7.78. The average molecular weight is 222 g/mol. The molecule has 2 N–H and O–H groups in total. The molecule has 1 aromatic rings. The molecular formula is C11H18N4O. The van der Waals surface area contributed by atoms with Gasteiger partial charge in [0.05, 0.1) is 18.5 Å². The molecular weight excluding hydrogens is 204 g/mol. The van der Waals surface area contributed by atoms with Crippen molar-refractivity contribution in [1.82, 2.24) is 9.97 Å². The summed E-state index contributed by atoms with van der Waals surface area (Å²) in [6.07, 6.45) is 5.83.